The van der Waals surface area contributed by atoms with Crippen LogP contribution in [0.5, 0.6) is 0 Å². The summed E-state index contributed by atoms with van der Waals surface area (Å²) in [5.41, 5.74) is 0. The summed E-state index contributed by atoms with van der Waals surface area (Å²) in [5, 5.41) is 0. The van der Waals surface area contributed by atoms with Gasteiger partial charge in [-0.2, -0.15) is 0 Å². The second-order valence-electron chi connectivity index (χ2n) is 4.26. The molecule has 1 aliphatic heterocycles. The van der Waals surface area contributed by atoms with Crippen LogP contribution in [0.2, 0.25) is 0 Å². The third-order valence-corrected chi connectivity index (χ3v) is 3.52. The summed E-state index contributed by atoms with van der Waals surface area (Å²) in [6, 6.07) is 0. The highest BCUT2D eigenvalue weighted by molar-refractivity contribution is 6.18. The van der Waals surface area contributed by atoms with Crippen molar-refractivity contribution in [2.24, 2.45) is 11.8 Å². The molecule has 2 atom stereocenters. The summed E-state index contributed by atoms with van der Waals surface area (Å²) in [7, 11) is 0. The zero-order valence-electron chi connectivity index (χ0n) is 9.13. The van der Waals surface area contributed by atoms with Crippen molar-refractivity contribution in [1.29, 1.82) is 0 Å². The van der Waals surface area contributed by atoms with E-state index in [4.69, 9.17) is 11.6 Å². The van der Waals surface area contributed by atoms with Gasteiger partial charge in [-0.3, -0.25) is 4.79 Å². The van der Waals surface area contributed by atoms with Gasteiger partial charge in [0.1, 0.15) is 0 Å². The van der Waals surface area contributed by atoms with Gasteiger partial charge in [-0.05, 0) is 25.2 Å². The summed E-state index contributed by atoms with van der Waals surface area (Å²) < 4.78 is 0. The van der Waals surface area contributed by atoms with Crippen LogP contribution in [0.1, 0.15) is 33.1 Å². The van der Waals surface area contributed by atoms with Crippen molar-refractivity contribution >= 4 is 17.5 Å². The van der Waals surface area contributed by atoms with E-state index >= 15 is 0 Å². The molecule has 3 heteroatoms. The van der Waals surface area contributed by atoms with E-state index in [1.807, 2.05) is 11.8 Å². The Labute approximate surface area is 91.6 Å². The Morgan fingerprint density at radius 1 is 1.64 bits per heavy atom. The minimum Gasteiger partial charge on any atom is -0.342 e. The first-order chi connectivity index (χ1) is 6.69. The van der Waals surface area contributed by atoms with Crippen LogP contribution >= 0.6 is 11.6 Å². The lowest BCUT2D eigenvalue weighted by molar-refractivity contribution is -0.136. The summed E-state index contributed by atoms with van der Waals surface area (Å²) in [4.78, 5) is 13.9. The van der Waals surface area contributed by atoms with Crippen molar-refractivity contribution < 1.29 is 4.79 Å². The summed E-state index contributed by atoms with van der Waals surface area (Å²) in [6.07, 6.45) is 3.22. The van der Waals surface area contributed by atoms with Crippen LogP contribution in [0.15, 0.2) is 0 Å². The maximum Gasteiger partial charge on any atom is 0.225 e. The van der Waals surface area contributed by atoms with Crippen LogP contribution in [0.4, 0.5) is 0 Å². The molecule has 1 rings (SSSR count). The SMILES string of the molecule is CCC(C)C(=O)N1CCCC(CCl)C1. The number of hydrogen-bond donors (Lipinski definition) is 0. The molecule has 1 aliphatic rings. The summed E-state index contributed by atoms with van der Waals surface area (Å²) in [5.74, 6) is 1.68. The molecule has 14 heavy (non-hydrogen) atoms. The van der Waals surface area contributed by atoms with Crippen molar-refractivity contribution in [3.8, 4) is 0 Å². The Bertz CT molecular complexity index is 196. The smallest absolute Gasteiger partial charge is 0.225 e. The number of carbonyl (C=O) groups excluding carboxylic acids is 1. The van der Waals surface area contributed by atoms with E-state index in [0.29, 0.717) is 17.7 Å². The van der Waals surface area contributed by atoms with E-state index in [-0.39, 0.29) is 5.92 Å². The van der Waals surface area contributed by atoms with Gasteiger partial charge in [-0.1, -0.05) is 13.8 Å². The molecule has 0 aromatic carbocycles. The maximum atomic E-state index is 11.9. The van der Waals surface area contributed by atoms with Crippen molar-refractivity contribution in [2.45, 2.75) is 33.1 Å². The van der Waals surface area contributed by atoms with Crippen LogP contribution in [0, 0.1) is 11.8 Å². The van der Waals surface area contributed by atoms with E-state index in [1.54, 1.807) is 0 Å². The van der Waals surface area contributed by atoms with E-state index in [9.17, 15) is 4.79 Å². The van der Waals surface area contributed by atoms with Gasteiger partial charge in [0.15, 0.2) is 0 Å². The van der Waals surface area contributed by atoms with Gasteiger partial charge in [-0.25, -0.2) is 0 Å². The Kier molecular flexibility index (Phi) is 4.73. The molecule has 1 heterocycles. The van der Waals surface area contributed by atoms with Gasteiger partial charge >= 0.3 is 0 Å². The minimum atomic E-state index is 0.170. The molecular formula is C11H20ClNO. The van der Waals surface area contributed by atoms with Gasteiger partial charge in [0.2, 0.25) is 5.91 Å². The highest BCUT2D eigenvalue weighted by Crippen LogP contribution is 2.19. The Hall–Kier alpha value is -0.240. The number of nitrogens with zero attached hydrogens (tertiary/aromatic N) is 1. The second-order valence-corrected chi connectivity index (χ2v) is 4.56. The van der Waals surface area contributed by atoms with Gasteiger partial charge in [0, 0.05) is 24.9 Å². The number of alkyl halides is 1. The molecule has 1 amide bonds. The van der Waals surface area contributed by atoms with Crippen molar-refractivity contribution in [3.63, 3.8) is 0 Å². The molecule has 0 radical (unpaired) electrons. The van der Waals surface area contributed by atoms with Crippen LogP contribution in [-0.2, 0) is 4.79 Å². The molecule has 0 saturated carbocycles. The number of amides is 1. The van der Waals surface area contributed by atoms with Gasteiger partial charge in [-0.15, -0.1) is 11.6 Å². The molecule has 0 bridgehead atoms. The molecule has 0 aromatic heterocycles. The summed E-state index contributed by atoms with van der Waals surface area (Å²) in [6.45, 7) is 5.86. The third kappa shape index (κ3) is 2.88. The molecule has 1 fully saturated rings. The molecule has 0 spiro atoms. The Morgan fingerprint density at radius 2 is 2.36 bits per heavy atom. The highest BCUT2D eigenvalue weighted by atomic mass is 35.5. The summed E-state index contributed by atoms with van der Waals surface area (Å²) >= 11 is 5.83. The first-order valence-corrected chi connectivity index (χ1v) is 6.07. The van der Waals surface area contributed by atoms with Gasteiger partial charge in [0.25, 0.3) is 0 Å². The van der Waals surface area contributed by atoms with Gasteiger partial charge < -0.3 is 4.90 Å². The number of halogens is 1. The fourth-order valence-electron chi connectivity index (χ4n) is 1.88. The van der Waals surface area contributed by atoms with Crippen molar-refractivity contribution in [3.05, 3.63) is 0 Å². The predicted octanol–water partition coefficient (Wildman–Crippen LogP) is 2.51. The van der Waals surface area contributed by atoms with Gasteiger partial charge in [0.05, 0.1) is 0 Å². The largest absolute Gasteiger partial charge is 0.342 e. The molecule has 2 unspecified atom stereocenters. The fourth-order valence-corrected chi connectivity index (χ4v) is 2.13. The molecular weight excluding hydrogens is 198 g/mol. The lowest BCUT2D eigenvalue weighted by Gasteiger charge is -2.33. The molecule has 2 nitrogen and oxygen atoms in total. The first-order valence-electron chi connectivity index (χ1n) is 5.53. The molecule has 0 N–H and O–H groups in total. The number of rotatable bonds is 3. The maximum absolute atomic E-state index is 11.9. The van der Waals surface area contributed by atoms with Crippen LogP contribution in [0.3, 0.4) is 0 Å². The average Bonchev–Trinajstić information content (AvgIpc) is 2.27. The molecule has 82 valence electrons. The fraction of sp³-hybridized carbons (Fsp3) is 0.909. The average molecular weight is 218 g/mol. The molecule has 0 aliphatic carbocycles. The quantitative estimate of drug-likeness (QED) is 0.666. The first kappa shape index (κ1) is 11.8. The standard InChI is InChI=1S/C11H20ClNO/c1-3-9(2)11(14)13-6-4-5-10(7-12)8-13/h9-10H,3-8H2,1-2H3. The Balaban J connectivity index is 2.47. The molecule has 1 saturated heterocycles. The van der Waals surface area contributed by atoms with Crippen LogP contribution in [0.25, 0.3) is 0 Å². The van der Waals surface area contributed by atoms with E-state index in [1.165, 1.54) is 6.42 Å². The second kappa shape index (κ2) is 5.59. The lowest BCUT2D eigenvalue weighted by atomic mass is 9.98. The minimum absolute atomic E-state index is 0.170. The number of carbonyl (C=O) groups is 1. The number of hydrogen-bond acceptors (Lipinski definition) is 1. The van der Waals surface area contributed by atoms with Crippen LogP contribution < -0.4 is 0 Å². The third-order valence-electron chi connectivity index (χ3n) is 3.08. The van der Waals surface area contributed by atoms with Crippen molar-refractivity contribution in [1.82, 2.24) is 4.90 Å². The van der Waals surface area contributed by atoms with E-state index in [2.05, 4.69) is 6.92 Å². The van der Waals surface area contributed by atoms with Crippen molar-refractivity contribution in [2.75, 3.05) is 19.0 Å². The molecule has 0 aromatic rings. The zero-order valence-corrected chi connectivity index (χ0v) is 9.89. The number of likely N-dealkylation sites (tertiary alicyclic amines) is 1. The number of piperidine rings is 1. The topological polar surface area (TPSA) is 20.3 Å². The normalized spacial score (nSPS) is 24.8. The van der Waals surface area contributed by atoms with E-state index in [0.717, 1.165) is 25.9 Å². The van der Waals surface area contributed by atoms with E-state index < -0.39 is 0 Å². The monoisotopic (exact) mass is 217 g/mol. The predicted molar refractivity (Wildman–Crippen MR) is 59.5 cm³/mol. The Morgan fingerprint density at radius 3 is 2.93 bits per heavy atom. The lowest BCUT2D eigenvalue weighted by Crippen LogP contribution is -2.42. The zero-order chi connectivity index (χ0) is 10.6. The highest BCUT2D eigenvalue weighted by Gasteiger charge is 2.25. The van der Waals surface area contributed by atoms with Crippen LogP contribution in [-0.4, -0.2) is 29.8 Å².